The van der Waals surface area contributed by atoms with Crippen molar-refractivity contribution >= 4 is 27.6 Å². The molecular formula is C22H20N4O2. The van der Waals surface area contributed by atoms with Gasteiger partial charge in [0.1, 0.15) is 0 Å². The van der Waals surface area contributed by atoms with E-state index in [0.29, 0.717) is 35.5 Å². The molecule has 0 atom stereocenters. The van der Waals surface area contributed by atoms with Crippen LogP contribution in [0.5, 0.6) is 0 Å². The van der Waals surface area contributed by atoms with Crippen LogP contribution in [0.2, 0.25) is 0 Å². The zero-order valence-electron chi connectivity index (χ0n) is 15.3. The lowest BCUT2D eigenvalue weighted by molar-refractivity contribution is 0.0708. The zero-order valence-corrected chi connectivity index (χ0v) is 15.3. The number of likely N-dealkylation sites (tertiary alicyclic amines) is 1. The van der Waals surface area contributed by atoms with E-state index in [2.05, 4.69) is 39.6 Å². The Kier molecular flexibility index (Phi) is 3.97. The van der Waals surface area contributed by atoms with Crippen LogP contribution in [0.3, 0.4) is 0 Å². The van der Waals surface area contributed by atoms with Crippen LogP contribution in [0.1, 0.15) is 34.8 Å². The summed E-state index contributed by atoms with van der Waals surface area (Å²) in [5.74, 6) is 0.310. The molecule has 1 saturated heterocycles. The standard InChI is InChI=1S/C22H20N4O2/c27-21-17-7-2-1-6-16(17)20(24-25-21)22(28)26-11-9-14(10-12-26)18-13-23-19-8-4-3-5-15(18)19/h1-8,13-14,23H,9-12H2,(H,25,27). The molecule has 6 nitrogen and oxygen atoms in total. The van der Waals surface area contributed by atoms with Crippen LogP contribution in [-0.2, 0) is 0 Å². The van der Waals surface area contributed by atoms with Gasteiger partial charge in [0.25, 0.3) is 11.5 Å². The number of hydrogen-bond acceptors (Lipinski definition) is 3. The van der Waals surface area contributed by atoms with Crippen LogP contribution in [0.4, 0.5) is 0 Å². The van der Waals surface area contributed by atoms with Gasteiger partial charge in [-0.25, -0.2) is 5.10 Å². The fourth-order valence-corrected chi connectivity index (χ4v) is 4.25. The first-order valence-electron chi connectivity index (χ1n) is 9.55. The maximum atomic E-state index is 13.1. The molecule has 1 fully saturated rings. The fraction of sp³-hybridized carbons (Fsp3) is 0.227. The van der Waals surface area contributed by atoms with Crippen molar-refractivity contribution in [1.29, 1.82) is 0 Å². The Bertz CT molecular complexity index is 1230. The molecule has 0 saturated carbocycles. The summed E-state index contributed by atoms with van der Waals surface area (Å²) in [6.07, 6.45) is 3.92. The molecular weight excluding hydrogens is 352 g/mol. The molecule has 2 aromatic heterocycles. The van der Waals surface area contributed by atoms with E-state index in [1.807, 2.05) is 17.0 Å². The van der Waals surface area contributed by atoms with E-state index in [9.17, 15) is 9.59 Å². The van der Waals surface area contributed by atoms with Gasteiger partial charge in [0.05, 0.1) is 5.39 Å². The lowest BCUT2D eigenvalue weighted by Gasteiger charge is -2.32. The minimum Gasteiger partial charge on any atom is -0.361 e. The number of amides is 1. The van der Waals surface area contributed by atoms with Gasteiger partial charge in [0, 0.05) is 35.6 Å². The Morgan fingerprint density at radius 1 is 0.964 bits per heavy atom. The lowest BCUT2D eigenvalue weighted by atomic mass is 9.89. The molecule has 28 heavy (non-hydrogen) atoms. The maximum absolute atomic E-state index is 13.1. The quantitative estimate of drug-likeness (QED) is 0.566. The van der Waals surface area contributed by atoms with E-state index in [1.165, 1.54) is 10.9 Å². The lowest BCUT2D eigenvalue weighted by Crippen LogP contribution is -2.38. The molecule has 2 aromatic carbocycles. The normalized spacial score (nSPS) is 15.4. The summed E-state index contributed by atoms with van der Waals surface area (Å²) in [4.78, 5) is 30.2. The summed E-state index contributed by atoms with van der Waals surface area (Å²) in [5.41, 5.74) is 2.53. The second-order valence-corrected chi connectivity index (χ2v) is 7.30. The monoisotopic (exact) mass is 372 g/mol. The van der Waals surface area contributed by atoms with Gasteiger partial charge < -0.3 is 9.88 Å². The molecule has 0 spiro atoms. The number of fused-ring (bicyclic) bond motifs is 2. The summed E-state index contributed by atoms with van der Waals surface area (Å²) >= 11 is 0. The topological polar surface area (TPSA) is 81.8 Å². The minimum atomic E-state index is -0.273. The van der Waals surface area contributed by atoms with Crippen LogP contribution in [0.15, 0.2) is 59.5 Å². The first kappa shape index (κ1) is 16.7. The summed E-state index contributed by atoms with van der Waals surface area (Å²) in [6.45, 7) is 1.36. The predicted octanol–water partition coefficient (Wildman–Crippen LogP) is 3.42. The summed E-state index contributed by atoms with van der Waals surface area (Å²) < 4.78 is 0. The van der Waals surface area contributed by atoms with Crippen LogP contribution < -0.4 is 5.56 Å². The predicted molar refractivity (Wildman–Crippen MR) is 109 cm³/mol. The van der Waals surface area contributed by atoms with Crippen molar-refractivity contribution in [3.05, 3.63) is 76.3 Å². The molecule has 0 bridgehead atoms. The number of para-hydroxylation sites is 1. The van der Waals surface area contributed by atoms with Gasteiger partial charge in [-0.2, -0.15) is 5.10 Å². The number of rotatable bonds is 2. The second kappa shape index (κ2) is 6.64. The Morgan fingerprint density at radius 2 is 1.64 bits per heavy atom. The second-order valence-electron chi connectivity index (χ2n) is 7.30. The minimum absolute atomic E-state index is 0.121. The average Bonchev–Trinajstić information content (AvgIpc) is 3.18. The highest BCUT2D eigenvalue weighted by molar-refractivity contribution is 6.04. The fourth-order valence-electron chi connectivity index (χ4n) is 4.25. The van der Waals surface area contributed by atoms with Gasteiger partial charge in [-0.15, -0.1) is 0 Å². The number of nitrogens with one attached hydrogen (secondary N) is 2. The third-order valence-electron chi connectivity index (χ3n) is 5.74. The smallest absolute Gasteiger partial charge is 0.274 e. The molecule has 6 heteroatoms. The number of aromatic nitrogens is 3. The Hall–Kier alpha value is -3.41. The summed E-state index contributed by atoms with van der Waals surface area (Å²) in [7, 11) is 0. The highest BCUT2D eigenvalue weighted by Crippen LogP contribution is 2.33. The molecule has 1 amide bonds. The molecule has 1 aliphatic heterocycles. The number of piperidine rings is 1. The van der Waals surface area contributed by atoms with Crippen molar-refractivity contribution in [3.8, 4) is 0 Å². The number of carbonyl (C=O) groups is 1. The van der Waals surface area contributed by atoms with Crippen LogP contribution in [0.25, 0.3) is 21.7 Å². The first-order valence-corrected chi connectivity index (χ1v) is 9.55. The number of hydrogen-bond donors (Lipinski definition) is 2. The largest absolute Gasteiger partial charge is 0.361 e. The van der Waals surface area contributed by atoms with Crippen LogP contribution >= 0.6 is 0 Å². The van der Waals surface area contributed by atoms with Gasteiger partial charge in [-0.1, -0.05) is 36.4 Å². The molecule has 0 radical (unpaired) electrons. The van der Waals surface area contributed by atoms with E-state index >= 15 is 0 Å². The summed E-state index contributed by atoms with van der Waals surface area (Å²) in [5, 5.41) is 8.88. The zero-order chi connectivity index (χ0) is 19.1. The first-order chi connectivity index (χ1) is 13.7. The van der Waals surface area contributed by atoms with E-state index in [4.69, 9.17) is 0 Å². The molecule has 1 aliphatic rings. The van der Waals surface area contributed by atoms with Crippen molar-refractivity contribution in [2.75, 3.05) is 13.1 Å². The van der Waals surface area contributed by atoms with E-state index in [0.717, 1.165) is 18.4 Å². The van der Waals surface area contributed by atoms with E-state index in [-0.39, 0.29) is 11.5 Å². The highest BCUT2D eigenvalue weighted by atomic mass is 16.2. The van der Waals surface area contributed by atoms with Gasteiger partial charge in [-0.05, 0) is 36.5 Å². The van der Waals surface area contributed by atoms with Gasteiger partial charge in [0.15, 0.2) is 5.69 Å². The Balaban J connectivity index is 1.38. The number of nitrogens with zero attached hydrogens (tertiary/aromatic N) is 2. The molecule has 4 aromatic rings. The third kappa shape index (κ3) is 2.69. The van der Waals surface area contributed by atoms with Gasteiger partial charge in [0.2, 0.25) is 0 Å². The number of benzene rings is 2. The van der Waals surface area contributed by atoms with Gasteiger partial charge >= 0.3 is 0 Å². The third-order valence-corrected chi connectivity index (χ3v) is 5.74. The molecule has 0 aliphatic carbocycles. The van der Waals surface area contributed by atoms with Crippen molar-refractivity contribution in [2.24, 2.45) is 0 Å². The van der Waals surface area contributed by atoms with Crippen molar-refractivity contribution in [3.63, 3.8) is 0 Å². The molecule has 0 unspecified atom stereocenters. The molecule has 2 N–H and O–H groups in total. The highest BCUT2D eigenvalue weighted by Gasteiger charge is 2.27. The number of carbonyl (C=O) groups excluding carboxylic acids is 1. The SMILES string of the molecule is O=C(c1n[nH]c(=O)c2ccccc12)N1CCC(c2c[nH]c3ccccc23)CC1. The average molecular weight is 372 g/mol. The van der Waals surface area contributed by atoms with Crippen LogP contribution in [0, 0.1) is 0 Å². The van der Waals surface area contributed by atoms with E-state index in [1.54, 1.807) is 18.2 Å². The van der Waals surface area contributed by atoms with Crippen molar-refractivity contribution < 1.29 is 4.79 Å². The van der Waals surface area contributed by atoms with Crippen molar-refractivity contribution in [1.82, 2.24) is 20.1 Å². The van der Waals surface area contributed by atoms with Crippen molar-refractivity contribution in [2.45, 2.75) is 18.8 Å². The Labute approximate surface area is 161 Å². The van der Waals surface area contributed by atoms with E-state index < -0.39 is 0 Å². The number of aromatic amines is 2. The number of H-pyrrole nitrogens is 2. The molecule has 3 heterocycles. The molecule has 140 valence electrons. The molecule has 5 rings (SSSR count). The van der Waals surface area contributed by atoms with Gasteiger partial charge in [-0.3, -0.25) is 9.59 Å². The maximum Gasteiger partial charge on any atom is 0.274 e. The summed E-state index contributed by atoms with van der Waals surface area (Å²) in [6, 6.07) is 15.4. The van der Waals surface area contributed by atoms with Crippen LogP contribution in [-0.4, -0.2) is 39.1 Å². The Morgan fingerprint density at radius 3 is 2.43 bits per heavy atom.